The van der Waals surface area contributed by atoms with Gasteiger partial charge in [0.2, 0.25) is 5.91 Å². The van der Waals surface area contributed by atoms with Gasteiger partial charge in [-0.25, -0.2) is 0 Å². The Balaban J connectivity index is 2.31. The average Bonchev–Trinajstić information content (AvgIpc) is 2.74. The number of carbonyl (C=O) groups excluding carboxylic acids is 2. The lowest BCUT2D eigenvalue weighted by Crippen LogP contribution is -2.38. The summed E-state index contributed by atoms with van der Waals surface area (Å²) < 4.78 is 10.1. The monoisotopic (exact) mass is 229 g/mol. The number of rotatable bonds is 5. The molecular formula is C11H19NO4. The van der Waals surface area contributed by atoms with E-state index in [0.29, 0.717) is 13.2 Å². The molecule has 0 bridgehead atoms. The van der Waals surface area contributed by atoms with Crippen LogP contribution in [0.15, 0.2) is 0 Å². The van der Waals surface area contributed by atoms with E-state index in [4.69, 9.17) is 9.47 Å². The van der Waals surface area contributed by atoms with Crippen LogP contribution in [0.4, 0.5) is 0 Å². The van der Waals surface area contributed by atoms with Gasteiger partial charge in [0.25, 0.3) is 0 Å². The van der Waals surface area contributed by atoms with Gasteiger partial charge >= 0.3 is 5.97 Å². The third kappa shape index (κ3) is 3.48. The number of amides is 1. The van der Waals surface area contributed by atoms with Gasteiger partial charge in [0.1, 0.15) is 6.54 Å². The first-order valence-corrected chi connectivity index (χ1v) is 5.74. The molecular weight excluding hydrogens is 210 g/mol. The minimum absolute atomic E-state index is 0.0119. The molecule has 0 spiro atoms. The van der Waals surface area contributed by atoms with E-state index in [1.165, 1.54) is 0 Å². The molecule has 5 heteroatoms. The van der Waals surface area contributed by atoms with Crippen molar-refractivity contribution in [1.82, 2.24) is 5.32 Å². The zero-order chi connectivity index (χ0) is 12.0. The maximum Gasteiger partial charge on any atom is 0.325 e. The lowest BCUT2D eigenvalue weighted by molar-refractivity contribution is -0.144. The van der Waals surface area contributed by atoms with Gasteiger partial charge in [0, 0.05) is 6.61 Å². The van der Waals surface area contributed by atoms with Crippen molar-refractivity contribution >= 4 is 11.9 Å². The number of hydrogen-bond donors (Lipinski definition) is 1. The molecule has 92 valence electrons. The van der Waals surface area contributed by atoms with Gasteiger partial charge in [0.05, 0.1) is 18.6 Å². The third-order valence-corrected chi connectivity index (χ3v) is 2.66. The van der Waals surface area contributed by atoms with Crippen LogP contribution in [0.1, 0.15) is 26.7 Å². The molecule has 0 aliphatic carbocycles. The second-order valence-corrected chi connectivity index (χ2v) is 3.74. The minimum atomic E-state index is -0.400. The summed E-state index contributed by atoms with van der Waals surface area (Å²) in [5, 5.41) is 2.58. The molecule has 16 heavy (non-hydrogen) atoms. The Kier molecular flexibility index (Phi) is 5.25. The van der Waals surface area contributed by atoms with Gasteiger partial charge in [-0.3, -0.25) is 9.59 Å². The number of ether oxygens (including phenoxy) is 2. The van der Waals surface area contributed by atoms with Crippen LogP contribution in [-0.4, -0.2) is 37.7 Å². The predicted octanol–water partition coefficient (Wildman–Crippen LogP) is 0.481. The SMILES string of the molecule is CCOC(=O)CNC(=O)C1CCOC1CC. The molecule has 1 heterocycles. The van der Waals surface area contributed by atoms with E-state index in [9.17, 15) is 9.59 Å². The van der Waals surface area contributed by atoms with Gasteiger partial charge < -0.3 is 14.8 Å². The summed E-state index contributed by atoms with van der Waals surface area (Å²) in [7, 11) is 0. The van der Waals surface area contributed by atoms with Crippen LogP contribution >= 0.6 is 0 Å². The van der Waals surface area contributed by atoms with E-state index in [1.54, 1.807) is 6.92 Å². The van der Waals surface area contributed by atoms with Crippen LogP contribution in [0.5, 0.6) is 0 Å². The average molecular weight is 229 g/mol. The van der Waals surface area contributed by atoms with Crippen molar-refractivity contribution < 1.29 is 19.1 Å². The van der Waals surface area contributed by atoms with Gasteiger partial charge in [0.15, 0.2) is 0 Å². The van der Waals surface area contributed by atoms with Crippen molar-refractivity contribution in [3.05, 3.63) is 0 Å². The number of hydrogen-bond acceptors (Lipinski definition) is 4. The molecule has 2 atom stereocenters. The molecule has 0 aromatic heterocycles. The predicted molar refractivity (Wildman–Crippen MR) is 57.8 cm³/mol. The quantitative estimate of drug-likeness (QED) is 0.696. The van der Waals surface area contributed by atoms with Crippen molar-refractivity contribution in [2.75, 3.05) is 19.8 Å². The standard InChI is InChI=1S/C11H19NO4/c1-3-9-8(5-6-16-9)11(14)12-7-10(13)15-4-2/h8-9H,3-7H2,1-2H3,(H,12,14). The highest BCUT2D eigenvalue weighted by Crippen LogP contribution is 2.23. The molecule has 1 rings (SSSR count). The molecule has 1 aliphatic heterocycles. The Labute approximate surface area is 95.5 Å². The zero-order valence-corrected chi connectivity index (χ0v) is 9.82. The Bertz CT molecular complexity index is 254. The Hall–Kier alpha value is -1.10. The first-order valence-electron chi connectivity index (χ1n) is 5.74. The van der Waals surface area contributed by atoms with Crippen LogP contribution in [0.25, 0.3) is 0 Å². The van der Waals surface area contributed by atoms with Gasteiger partial charge in [-0.1, -0.05) is 6.92 Å². The molecule has 0 saturated carbocycles. The lowest BCUT2D eigenvalue weighted by Gasteiger charge is -2.15. The summed E-state index contributed by atoms with van der Waals surface area (Å²) in [6.45, 7) is 4.62. The van der Waals surface area contributed by atoms with Crippen LogP contribution in [0, 0.1) is 5.92 Å². The van der Waals surface area contributed by atoms with E-state index in [0.717, 1.165) is 12.8 Å². The fourth-order valence-electron chi connectivity index (χ4n) is 1.85. The topological polar surface area (TPSA) is 64.6 Å². The first-order chi connectivity index (χ1) is 7.69. The summed E-state index contributed by atoms with van der Waals surface area (Å²) in [6.07, 6.45) is 1.53. The summed E-state index contributed by atoms with van der Waals surface area (Å²) >= 11 is 0. The maximum atomic E-state index is 11.7. The summed E-state index contributed by atoms with van der Waals surface area (Å²) in [6, 6.07) is 0. The number of nitrogens with one attached hydrogen (secondary N) is 1. The molecule has 0 aromatic carbocycles. The molecule has 1 N–H and O–H groups in total. The summed E-state index contributed by atoms with van der Waals surface area (Å²) in [5.41, 5.74) is 0. The molecule has 0 aromatic rings. The van der Waals surface area contributed by atoms with Crippen molar-refractivity contribution in [2.24, 2.45) is 5.92 Å². The normalized spacial score (nSPS) is 24.1. The zero-order valence-electron chi connectivity index (χ0n) is 9.82. The number of carbonyl (C=O) groups is 2. The Morgan fingerprint density at radius 1 is 1.44 bits per heavy atom. The van der Waals surface area contributed by atoms with Crippen molar-refractivity contribution in [3.8, 4) is 0 Å². The van der Waals surface area contributed by atoms with Gasteiger partial charge in [-0.2, -0.15) is 0 Å². The Morgan fingerprint density at radius 2 is 2.19 bits per heavy atom. The second-order valence-electron chi connectivity index (χ2n) is 3.74. The van der Waals surface area contributed by atoms with E-state index < -0.39 is 5.97 Å². The van der Waals surface area contributed by atoms with Crippen LogP contribution < -0.4 is 5.32 Å². The number of esters is 1. The highest BCUT2D eigenvalue weighted by molar-refractivity contribution is 5.84. The largest absolute Gasteiger partial charge is 0.465 e. The highest BCUT2D eigenvalue weighted by atomic mass is 16.5. The lowest BCUT2D eigenvalue weighted by atomic mass is 9.99. The highest BCUT2D eigenvalue weighted by Gasteiger charge is 2.32. The summed E-state index contributed by atoms with van der Waals surface area (Å²) in [5.74, 6) is -0.639. The van der Waals surface area contributed by atoms with E-state index in [2.05, 4.69) is 5.32 Å². The van der Waals surface area contributed by atoms with E-state index in [-0.39, 0.29) is 24.5 Å². The second kappa shape index (κ2) is 6.48. The molecule has 1 amide bonds. The Morgan fingerprint density at radius 3 is 2.81 bits per heavy atom. The minimum Gasteiger partial charge on any atom is -0.465 e. The maximum absolute atomic E-state index is 11.7. The van der Waals surface area contributed by atoms with Crippen LogP contribution in [0.3, 0.4) is 0 Å². The molecule has 2 unspecified atom stereocenters. The van der Waals surface area contributed by atoms with Crippen LogP contribution in [-0.2, 0) is 19.1 Å². The van der Waals surface area contributed by atoms with Crippen molar-refractivity contribution in [1.29, 1.82) is 0 Å². The fourth-order valence-corrected chi connectivity index (χ4v) is 1.85. The molecule has 1 aliphatic rings. The molecule has 0 radical (unpaired) electrons. The van der Waals surface area contributed by atoms with Crippen molar-refractivity contribution in [2.45, 2.75) is 32.8 Å². The molecule has 1 saturated heterocycles. The molecule has 5 nitrogen and oxygen atoms in total. The fraction of sp³-hybridized carbons (Fsp3) is 0.818. The molecule has 1 fully saturated rings. The third-order valence-electron chi connectivity index (χ3n) is 2.66. The van der Waals surface area contributed by atoms with E-state index >= 15 is 0 Å². The van der Waals surface area contributed by atoms with Crippen LogP contribution in [0.2, 0.25) is 0 Å². The van der Waals surface area contributed by atoms with Crippen molar-refractivity contribution in [3.63, 3.8) is 0 Å². The summed E-state index contributed by atoms with van der Waals surface area (Å²) in [4.78, 5) is 22.8. The van der Waals surface area contributed by atoms with Gasteiger partial charge in [-0.05, 0) is 19.8 Å². The first kappa shape index (κ1) is 13.0. The smallest absolute Gasteiger partial charge is 0.325 e. The van der Waals surface area contributed by atoms with Gasteiger partial charge in [-0.15, -0.1) is 0 Å². The van der Waals surface area contributed by atoms with E-state index in [1.807, 2.05) is 6.92 Å².